The molecule has 0 saturated heterocycles. The summed E-state index contributed by atoms with van der Waals surface area (Å²) in [5.74, 6) is -2.40. The molecule has 0 bridgehead atoms. The predicted octanol–water partition coefficient (Wildman–Crippen LogP) is 4.75. The lowest BCUT2D eigenvalue weighted by molar-refractivity contribution is 0.103. The molecular weight excluding hydrogens is 534 g/mol. The number of pyridine rings is 1. The maximum atomic E-state index is 14.8. The van der Waals surface area contributed by atoms with Crippen LogP contribution in [0.15, 0.2) is 76.0 Å². The van der Waals surface area contributed by atoms with Gasteiger partial charge in [0.2, 0.25) is 15.0 Å². The molecule has 0 fully saturated rings. The summed E-state index contributed by atoms with van der Waals surface area (Å²) in [6.45, 7) is 1.75. The van der Waals surface area contributed by atoms with Gasteiger partial charge in [-0.05, 0) is 54.3 Å². The fourth-order valence-electron chi connectivity index (χ4n) is 3.94. The molecule has 5 aromatic rings. The number of para-hydroxylation sites is 1. The normalized spacial score (nSPS) is 11.6. The van der Waals surface area contributed by atoms with E-state index in [1.54, 1.807) is 42.6 Å². The van der Waals surface area contributed by atoms with Crippen LogP contribution < -0.4 is 10.9 Å². The number of hydrogen-bond donors (Lipinski definition) is 1. The lowest BCUT2D eigenvalue weighted by atomic mass is 10.0. The number of aryl methyl sites for hydroxylation is 1. The standard InChI is InChI=1S/C26H18F2N4O4S2/c1-14-8-9-15(29-25(34)20-7-4-12-37-20)13-17(14)22-16-10-11-21(33)32(23-18(27)5-3-6-19(23)28)24(16)31-26(30-22)38(2,35)36/h3-13H,1-2H3,(H,29,34). The Morgan fingerprint density at radius 2 is 1.74 bits per heavy atom. The van der Waals surface area contributed by atoms with E-state index in [4.69, 9.17) is 0 Å². The molecule has 192 valence electrons. The molecule has 0 saturated carbocycles. The molecule has 8 nitrogen and oxygen atoms in total. The van der Waals surface area contributed by atoms with Gasteiger partial charge < -0.3 is 5.32 Å². The molecule has 0 aliphatic carbocycles. The molecule has 0 unspecified atom stereocenters. The van der Waals surface area contributed by atoms with Gasteiger partial charge in [0.15, 0.2) is 5.65 Å². The lowest BCUT2D eigenvalue weighted by Gasteiger charge is -2.16. The van der Waals surface area contributed by atoms with E-state index in [9.17, 15) is 26.8 Å². The SMILES string of the molecule is Cc1ccc(NC(=O)c2cccs2)cc1-c1nc(S(C)(=O)=O)nc2c1ccc(=O)n2-c1c(F)cccc1F. The second-order valence-corrected chi connectivity index (χ2v) is 11.3. The summed E-state index contributed by atoms with van der Waals surface area (Å²) in [5.41, 5.74) is -0.214. The van der Waals surface area contributed by atoms with Crippen molar-refractivity contribution >= 4 is 43.8 Å². The molecule has 3 heterocycles. The second kappa shape index (κ2) is 9.54. The number of anilines is 1. The van der Waals surface area contributed by atoms with Gasteiger partial charge in [-0.3, -0.25) is 14.2 Å². The maximum absolute atomic E-state index is 14.8. The number of carbonyl (C=O) groups is 1. The Bertz CT molecular complexity index is 1880. The van der Waals surface area contributed by atoms with Gasteiger partial charge in [0.05, 0.1) is 10.6 Å². The van der Waals surface area contributed by atoms with E-state index in [1.807, 2.05) is 0 Å². The van der Waals surface area contributed by atoms with E-state index in [0.29, 0.717) is 26.3 Å². The highest BCUT2D eigenvalue weighted by Crippen LogP contribution is 2.32. The molecule has 5 rings (SSSR count). The number of carbonyl (C=O) groups excluding carboxylic acids is 1. The summed E-state index contributed by atoms with van der Waals surface area (Å²) >= 11 is 1.27. The summed E-state index contributed by atoms with van der Waals surface area (Å²) in [6.07, 6.45) is 0.886. The van der Waals surface area contributed by atoms with Gasteiger partial charge in [0.25, 0.3) is 11.5 Å². The summed E-state index contributed by atoms with van der Waals surface area (Å²) < 4.78 is 55.3. The van der Waals surface area contributed by atoms with Crippen molar-refractivity contribution in [2.24, 2.45) is 0 Å². The number of fused-ring (bicyclic) bond motifs is 1. The number of aromatic nitrogens is 3. The Hall–Kier alpha value is -4.29. The van der Waals surface area contributed by atoms with Gasteiger partial charge >= 0.3 is 0 Å². The zero-order valence-corrected chi connectivity index (χ0v) is 21.5. The molecule has 0 aliphatic heterocycles. The van der Waals surface area contributed by atoms with Gasteiger partial charge in [0, 0.05) is 29.0 Å². The predicted molar refractivity (Wildman–Crippen MR) is 141 cm³/mol. The van der Waals surface area contributed by atoms with E-state index >= 15 is 0 Å². The van der Waals surface area contributed by atoms with Crippen LogP contribution in [0.3, 0.4) is 0 Å². The minimum atomic E-state index is -4.02. The summed E-state index contributed by atoms with van der Waals surface area (Å²) in [5, 5.41) is 4.10. The largest absolute Gasteiger partial charge is 0.321 e. The van der Waals surface area contributed by atoms with Crippen molar-refractivity contribution in [3.63, 3.8) is 0 Å². The van der Waals surface area contributed by atoms with Crippen LogP contribution in [0.2, 0.25) is 0 Å². The Balaban J connectivity index is 1.80. The van der Waals surface area contributed by atoms with Crippen LogP contribution in [0.5, 0.6) is 0 Å². The van der Waals surface area contributed by atoms with E-state index in [-0.39, 0.29) is 22.6 Å². The van der Waals surface area contributed by atoms with Crippen LogP contribution in [0, 0.1) is 18.6 Å². The Morgan fingerprint density at radius 1 is 1.00 bits per heavy atom. The van der Waals surface area contributed by atoms with Crippen LogP contribution in [0.25, 0.3) is 28.0 Å². The molecule has 1 N–H and O–H groups in total. The smallest absolute Gasteiger partial charge is 0.265 e. The number of thiophene rings is 1. The van der Waals surface area contributed by atoms with Crippen LogP contribution in [0.1, 0.15) is 15.2 Å². The van der Waals surface area contributed by atoms with Crippen molar-refractivity contribution < 1.29 is 22.0 Å². The van der Waals surface area contributed by atoms with Crippen LogP contribution in [-0.2, 0) is 9.84 Å². The molecule has 0 spiro atoms. The minimum Gasteiger partial charge on any atom is -0.321 e. The third-order valence-electron chi connectivity index (χ3n) is 5.72. The van der Waals surface area contributed by atoms with E-state index in [2.05, 4.69) is 15.3 Å². The summed E-state index contributed by atoms with van der Waals surface area (Å²) in [4.78, 5) is 34.3. The third-order valence-corrected chi connectivity index (χ3v) is 7.43. The van der Waals surface area contributed by atoms with Crippen molar-refractivity contribution in [2.75, 3.05) is 11.6 Å². The second-order valence-electron chi connectivity index (χ2n) is 8.40. The van der Waals surface area contributed by atoms with Crippen molar-refractivity contribution in [3.05, 3.63) is 98.5 Å². The quantitative estimate of drug-likeness (QED) is 0.315. The number of benzene rings is 2. The number of rotatable bonds is 5. The topological polar surface area (TPSA) is 111 Å². The molecule has 0 radical (unpaired) electrons. The van der Waals surface area contributed by atoms with Crippen LogP contribution >= 0.6 is 11.3 Å². The Morgan fingerprint density at radius 3 is 2.39 bits per heavy atom. The third kappa shape index (κ3) is 4.59. The van der Waals surface area contributed by atoms with Crippen molar-refractivity contribution in [1.82, 2.24) is 14.5 Å². The van der Waals surface area contributed by atoms with E-state index in [0.717, 1.165) is 30.5 Å². The molecule has 0 atom stereocenters. The first kappa shape index (κ1) is 25.4. The number of halogens is 2. The maximum Gasteiger partial charge on any atom is 0.265 e. The molecular formula is C26H18F2N4O4S2. The molecule has 2 aromatic carbocycles. The van der Waals surface area contributed by atoms with Crippen LogP contribution in [0.4, 0.5) is 14.5 Å². The summed E-state index contributed by atoms with van der Waals surface area (Å²) in [6, 6.07) is 14.0. The fraction of sp³-hybridized carbons (Fsp3) is 0.0769. The molecule has 3 aromatic heterocycles. The summed E-state index contributed by atoms with van der Waals surface area (Å²) in [7, 11) is -4.02. The lowest BCUT2D eigenvalue weighted by Crippen LogP contribution is -2.22. The highest BCUT2D eigenvalue weighted by molar-refractivity contribution is 7.90. The average Bonchev–Trinajstić information content (AvgIpc) is 3.40. The van der Waals surface area contributed by atoms with Gasteiger partial charge in [-0.25, -0.2) is 22.2 Å². The van der Waals surface area contributed by atoms with Crippen molar-refractivity contribution in [1.29, 1.82) is 0 Å². The van der Waals surface area contributed by atoms with Gasteiger partial charge in [0.1, 0.15) is 17.3 Å². The number of nitrogens with zero attached hydrogens (tertiary/aromatic N) is 3. The number of hydrogen-bond acceptors (Lipinski definition) is 7. The van der Waals surface area contributed by atoms with Gasteiger partial charge in [-0.2, -0.15) is 4.98 Å². The Labute approximate surface area is 219 Å². The molecule has 12 heteroatoms. The monoisotopic (exact) mass is 552 g/mol. The highest BCUT2D eigenvalue weighted by atomic mass is 32.2. The van der Waals surface area contributed by atoms with Gasteiger partial charge in [-0.15, -0.1) is 11.3 Å². The molecule has 38 heavy (non-hydrogen) atoms. The molecule has 0 aliphatic rings. The number of nitrogens with one attached hydrogen (secondary N) is 1. The molecule has 1 amide bonds. The van der Waals surface area contributed by atoms with E-state index in [1.165, 1.54) is 17.4 Å². The fourth-order valence-corrected chi connectivity index (χ4v) is 5.07. The number of sulfone groups is 1. The van der Waals surface area contributed by atoms with Gasteiger partial charge in [-0.1, -0.05) is 18.2 Å². The first-order chi connectivity index (χ1) is 18.0. The van der Waals surface area contributed by atoms with E-state index < -0.39 is 37.9 Å². The highest BCUT2D eigenvalue weighted by Gasteiger charge is 2.23. The Kier molecular flexibility index (Phi) is 6.37. The first-order valence-electron chi connectivity index (χ1n) is 11.1. The van der Waals surface area contributed by atoms with Crippen molar-refractivity contribution in [3.8, 4) is 16.9 Å². The zero-order valence-electron chi connectivity index (χ0n) is 19.9. The zero-order chi connectivity index (χ0) is 27.2. The minimum absolute atomic E-state index is 0.102. The average molecular weight is 553 g/mol. The van der Waals surface area contributed by atoms with Crippen LogP contribution in [-0.4, -0.2) is 35.1 Å². The number of amides is 1. The van der Waals surface area contributed by atoms with Crippen molar-refractivity contribution in [2.45, 2.75) is 12.1 Å². The first-order valence-corrected chi connectivity index (χ1v) is 13.9.